The third-order valence-electron chi connectivity index (χ3n) is 4.28. The Morgan fingerprint density at radius 1 is 1.38 bits per heavy atom. The van der Waals surface area contributed by atoms with E-state index in [1.165, 1.54) is 23.6 Å². The van der Waals surface area contributed by atoms with Crippen molar-refractivity contribution >= 4 is 23.2 Å². The first-order chi connectivity index (χ1) is 11.5. The molecule has 1 amide bonds. The highest BCUT2D eigenvalue weighted by Crippen LogP contribution is 2.26. The minimum atomic E-state index is -0.873. The molecule has 0 bridgehead atoms. The number of thiazole rings is 1. The van der Waals surface area contributed by atoms with Crippen molar-refractivity contribution in [3.63, 3.8) is 0 Å². The zero-order valence-electron chi connectivity index (χ0n) is 13.1. The van der Waals surface area contributed by atoms with E-state index in [-0.39, 0.29) is 24.2 Å². The molecule has 1 aliphatic rings. The average Bonchev–Trinajstić information content (AvgIpc) is 3.16. The van der Waals surface area contributed by atoms with Gasteiger partial charge in [-0.15, -0.1) is 11.3 Å². The minimum absolute atomic E-state index is 0.0720. The number of rotatable bonds is 4. The Hall–Kier alpha value is -2.28. The third kappa shape index (κ3) is 3.31. The summed E-state index contributed by atoms with van der Waals surface area (Å²) < 4.78 is 13.7. The number of aliphatic carboxylic acids is 1. The second-order valence-electron chi connectivity index (χ2n) is 6.02. The molecule has 1 aromatic carbocycles. The number of hydrogen-bond donors (Lipinski definition) is 1. The number of hydrogen-bond acceptors (Lipinski definition) is 4. The van der Waals surface area contributed by atoms with Gasteiger partial charge in [-0.2, -0.15) is 0 Å². The van der Waals surface area contributed by atoms with E-state index < -0.39 is 11.9 Å². The molecule has 0 saturated carbocycles. The van der Waals surface area contributed by atoms with Gasteiger partial charge in [-0.1, -0.05) is 25.1 Å². The van der Waals surface area contributed by atoms with E-state index in [4.69, 9.17) is 5.11 Å². The summed E-state index contributed by atoms with van der Waals surface area (Å²) in [6, 6.07) is 6.48. The van der Waals surface area contributed by atoms with Crippen molar-refractivity contribution in [2.45, 2.75) is 13.3 Å². The first kappa shape index (κ1) is 16.6. The van der Waals surface area contributed by atoms with E-state index in [0.717, 1.165) is 0 Å². The van der Waals surface area contributed by atoms with E-state index in [1.807, 2.05) is 6.92 Å². The molecule has 24 heavy (non-hydrogen) atoms. The maximum atomic E-state index is 13.7. The van der Waals surface area contributed by atoms with Gasteiger partial charge in [-0.05, 0) is 17.5 Å². The van der Waals surface area contributed by atoms with Crippen LogP contribution in [0.5, 0.6) is 0 Å². The summed E-state index contributed by atoms with van der Waals surface area (Å²) in [6.45, 7) is 2.48. The van der Waals surface area contributed by atoms with Crippen LogP contribution in [0.2, 0.25) is 0 Å². The summed E-state index contributed by atoms with van der Waals surface area (Å²) in [4.78, 5) is 29.9. The highest BCUT2D eigenvalue weighted by molar-refractivity contribution is 7.13. The number of halogens is 1. The highest BCUT2D eigenvalue weighted by atomic mass is 32.1. The summed E-state index contributed by atoms with van der Waals surface area (Å²) in [7, 11) is 0. The van der Waals surface area contributed by atoms with Crippen LogP contribution in [-0.2, 0) is 11.2 Å². The summed E-state index contributed by atoms with van der Waals surface area (Å²) >= 11 is 1.23. The van der Waals surface area contributed by atoms with Crippen LogP contribution in [0, 0.1) is 17.7 Å². The summed E-state index contributed by atoms with van der Waals surface area (Å²) in [5, 5.41) is 9.82. The number of nitrogens with zero attached hydrogens (tertiary/aromatic N) is 2. The zero-order chi connectivity index (χ0) is 17.3. The van der Waals surface area contributed by atoms with Gasteiger partial charge in [0.25, 0.3) is 5.91 Å². The molecular formula is C17H17FN2O3S. The first-order valence-corrected chi connectivity index (χ1v) is 8.47. The number of benzene rings is 1. The van der Waals surface area contributed by atoms with E-state index in [0.29, 0.717) is 28.4 Å². The predicted molar refractivity (Wildman–Crippen MR) is 87.5 cm³/mol. The maximum absolute atomic E-state index is 13.7. The fourth-order valence-electron chi connectivity index (χ4n) is 2.91. The monoisotopic (exact) mass is 348 g/mol. The van der Waals surface area contributed by atoms with Crippen LogP contribution in [0.3, 0.4) is 0 Å². The van der Waals surface area contributed by atoms with Crippen LogP contribution in [0.1, 0.15) is 27.2 Å². The molecule has 1 aromatic heterocycles. The molecule has 0 aliphatic carbocycles. The highest BCUT2D eigenvalue weighted by Gasteiger charge is 2.37. The van der Waals surface area contributed by atoms with Crippen molar-refractivity contribution in [3.8, 4) is 0 Å². The standard InChI is InChI=1S/C17H17FN2O3S/c1-10-8-20(9-12(10)17(22)23)16(21)14-7-19-15(24-14)6-11-4-2-3-5-13(11)18/h2-5,7,10,12H,6,8-9H2,1H3,(H,22,23)/t10-,12-/m1/s1. The van der Waals surface area contributed by atoms with Crippen molar-refractivity contribution in [1.29, 1.82) is 0 Å². The van der Waals surface area contributed by atoms with Crippen LogP contribution in [-0.4, -0.2) is 40.0 Å². The molecule has 3 rings (SSSR count). The lowest BCUT2D eigenvalue weighted by molar-refractivity contribution is -0.142. The molecule has 2 heterocycles. The Morgan fingerprint density at radius 2 is 2.12 bits per heavy atom. The number of carboxylic acids is 1. The van der Waals surface area contributed by atoms with E-state index in [9.17, 15) is 14.0 Å². The predicted octanol–water partition coefficient (Wildman–Crippen LogP) is 2.67. The van der Waals surface area contributed by atoms with Crippen molar-refractivity contribution < 1.29 is 19.1 Å². The van der Waals surface area contributed by atoms with Gasteiger partial charge >= 0.3 is 5.97 Å². The minimum Gasteiger partial charge on any atom is -0.481 e. The largest absolute Gasteiger partial charge is 0.481 e. The Morgan fingerprint density at radius 3 is 2.79 bits per heavy atom. The van der Waals surface area contributed by atoms with Gasteiger partial charge < -0.3 is 10.0 Å². The lowest BCUT2D eigenvalue weighted by atomic mass is 9.99. The molecule has 1 saturated heterocycles. The normalized spacial score (nSPS) is 20.3. The quantitative estimate of drug-likeness (QED) is 0.922. The molecule has 1 fully saturated rings. The van der Waals surface area contributed by atoms with Gasteiger partial charge in [0.2, 0.25) is 0 Å². The zero-order valence-corrected chi connectivity index (χ0v) is 13.9. The van der Waals surface area contributed by atoms with E-state index in [2.05, 4.69) is 4.98 Å². The molecular weight excluding hydrogens is 331 g/mol. The molecule has 0 radical (unpaired) electrons. The molecule has 0 unspecified atom stereocenters. The molecule has 126 valence electrons. The van der Waals surface area contributed by atoms with Crippen LogP contribution in [0.15, 0.2) is 30.5 Å². The second-order valence-corrected chi connectivity index (χ2v) is 7.13. The molecule has 1 aliphatic heterocycles. The second kappa shape index (κ2) is 6.68. The molecule has 7 heteroatoms. The molecule has 2 aromatic rings. The van der Waals surface area contributed by atoms with Gasteiger partial charge in [-0.3, -0.25) is 9.59 Å². The van der Waals surface area contributed by atoms with Gasteiger partial charge in [0.05, 0.1) is 17.1 Å². The van der Waals surface area contributed by atoms with Gasteiger partial charge in [-0.25, -0.2) is 9.37 Å². The lowest BCUT2D eigenvalue weighted by Crippen LogP contribution is -2.29. The number of carbonyl (C=O) groups excluding carboxylic acids is 1. The van der Waals surface area contributed by atoms with Crippen molar-refractivity contribution in [2.75, 3.05) is 13.1 Å². The van der Waals surface area contributed by atoms with E-state index in [1.54, 1.807) is 23.1 Å². The summed E-state index contributed by atoms with van der Waals surface area (Å²) in [5.74, 6) is -1.97. The maximum Gasteiger partial charge on any atom is 0.308 e. The number of aromatic nitrogens is 1. The van der Waals surface area contributed by atoms with Crippen molar-refractivity contribution in [1.82, 2.24) is 9.88 Å². The van der Waals surface area contributed by atoms with E-state index >= 15 is 0 Å². The Kier molecular flexibility index (Phi) is 4.62. The SMILES string of the molecule is C[C@@H]1CN(C(=O)c2cnc(Cc3ccccc3F)s2)C[C@H]1C(=O)O. The van der Waals surface area contributed by atoms with Gasteiger partial charge in [0.15, 0.2) is 0 Å². The third-order valence-corrected chi connectivity index (χ3v) is 5.27. The van der Waals surface area contributed by atoms with Crippen LogP contribution < -0.4 is 0 Å². The average molecular weight is 348 g/mol. The Balaban J connectivity index is 1.71. The first-order valence-electron chi connectivity index (χ1n) is 7.66. The summed E-state index contributed by atoms with van der Waals surface area (Å²) in [6.07, 6.45) is 1.82. The van der Waals surface area contributed by atoms with Crippen molar-refractivity contribution in [2.24, 2.45) is 11.8 Å². The number of amides is 1. The van der Waals surface area contributed by atoms with Crippen molar-refractivity contribution in [3.05, 3.63) is 51.7 Å². The topological polar surface area (TPSA) is 70.5 Å². The van der Waals surface area contributed by atoms with Crippen LogP contribution in [0.25, 0.3) is 0 Å². The lowest BCUT2D eigenvalue weighted by Gasteiger charge is -2.14. The Labute approximate surface area is 142 Å². The number of carboxylic acid groups (broad SMARTS) is 1. The fraction of sp³-hybridized carbons (Fsp3) is 0.353. The molecule has 5 nitrogen and oxygen atoms in total. The summed E-state index contributed by atoms with van der Waals surface area (Å²) in [5.41, 5.74) is 0.534. The fourth-order valence-corrected chi connectivity index (χ4v) is 3.81. The number of likely N-dealkylation sites (tertiary alicyclic amines) is 1. The van der Waals surface area contributed by atoms with Gasteiger partial charge in [0.1, 0.15) is 10.7 Å². The van der Waals surface area contributed by atoms with Crippen LogP contribution in [0.4, 0.5) is 4.39 Å². The Bertz CT molecular complexity index is 777. The van der Waals surface area contributed by atoms with Gasteiger partial charge in [0, 0.05) is 19.5 Å². The van der Waals surface area contributed by atoms with Crippen LogP contribution >= 0.6 is 11.3 Å². The number of carbonyl (C=O) groups is 2. The smallest absolute Gasteiger partial charge is 0.308 e. The molecule has 2 atom stereocenters. The molecule has 1 N–H and O–H groups in total. The molecule has 0 spiro atoms.